The van der Waals surface area contributed by atoms with Gasteiger partial charge in [-0.25, -0.2) is 24.9 Å². The molecule has 0 aromatic carbocycles. The number of anilines is 10. The molecule has 0 saturated carbocycles. The number of hydrogen-bond donors (Lipinski definition) is 15. The van der Waals surface area contributed by atoms with E-state index in [2.05, 4.69) is 74.8 Å². The van der Waals surface area contributed by atoms with Gasteiger partial charge in [0, 0.05) is 96.0 Å². The Labute approximate surface area is 787 Å². The Morgan fingerprint density at radius 2 is 0.460 bits per heavy atom. The van der Waals surface area contributed by atoms with Crippen molar-refractivity contribution in [1.82, 2.24) is 97.6 Å². The summed E-state index contributed by atoms with van der Waals surface area (Å²) in [6, 6.07) is 0. The molecule has 772 valence electrons. The highest BCUT2D eigenvalue weighted by atomic mass is 31.2. The first-order chi connectivity index (χ1) is 65.3. The molecule has 137 heavy (non-hydrogen) atoms. The summed E-state index contributed by atoms with van der Waals surface area (Å²) in [5.74, 6) is 0.984. The quantitative estimate of drug-likeness (QED) is 0.0191. The summed E-state index contributed by atoms with van der Waals surface area (Å²) in [7, 11) is -8.83. The largest absolute Gasteiger partial charge is 0.385 e. The Hall–Kier alpha value is -9.10. The van der Waals surface area contributed by atoms with Crippen molar-refractivity contribution in [3.8, 4) is 0 Å². The molecule has 10 aromatic heterocycles. The fraction of sp³-hybridized carbons (Fsp3) is 0.653. The van der Waals surface area contributed by atoms with E-state index < -0.39 is 100 Å². The predicted octanol–water partition coefficient (Wildman–Crippen LogP) is 1.87. The second-order valence-electron chi connectivity index (χ2n) is 28.9. The van der Waals surface area contributed by atoms with Crippen LogP contribution in [0.3, 0.4) is 0 Å². The van der Waals surface area contributed by atoms with Crippen molar-refractivity contribution < 1.29 is 141 Å². The number of aromatic nitrogens is 20. The third kappa shape index (κ3) is 41.7. The van der Waals surface area contributed by atoms with Crippen LogP contribution < -0.4 is 57.3 Å². The molecule has 10 heterocycles. The summed E-state index contributed by atoms with van der Waals surface area (Å²) >= 11 is 0. The van der Waals surface area contributed by atoms with E-state index in [-0.39, 0.29) is 164 Å². The average Bonchev–Trinajstić information content (AvgIpc) is 1.68. The number of methoxy groups -OCH3 is 7. The average molecular weight is 2050 g/mol. The first-order valence-corrected chi connectivity index (χ1v) is 50.9. The van der Waals surface area contributed by atoms with Gasteiger partial charge < -0.3 is 198 Å². The number of fused-ring (bicyclic) bond motifs is 5. The lowest BCUT2D eigenvalue weighted by atomic mass is 10.3. The monoisotopic (exact) mass is 2050 g/mol. The normalized spacial score (nSPS) is 15.0. The molecular formula is C72H129N30O30P5. The minimum absolute atomic E-state index is 0.00971. The van der Waals surface area contributed by atoms with E-state index >= 15 is 0 Å². The molecule has 0 aliphatic heterocycles. The van der Waals surface area contributed by atoms with Gasteiger partial charge >= 0.3 is 38.0 Å². The SMILES string of the molecule is CCOCC(Cn1cnc2c(N)nc(N)nc21)OCP(=O)(O)OCCCOC.CCOC[C@@H](Cn1cnc2c(N)nc(N)nc21)OCP(=O)(O)OCCCOC.CCOC[C@H](Cn1cnc2c(N)nc(N)nc21)OCP(=O)(O)OCCCOC.COCCCOP(=O)(O)CO[C@H](COC)Cn1cnc2c(N)nc(N)nc21.COCCOP(=O)(O)CO[C@@H](COC)Cn1cnc2c(N)nc(N)nc21. The third-order valence-electron chi connectivity index (χ3n) is 17.9. The Kier molecular flexibility index (Phi) is 51.2. The van der Waals surface area contributed by atoms with E-state index in [1.165, 1.54) is 53.0 Å². The van der Waals surface area contributed by atoms with Gasteiger partial charge in [0.25, 0.3) is 0 Å². The zero-order chi connectivity index (χ0) is 101. The van der Waals surface area contributed by atoms with E-state index in [0.29, 0.717) is 128 Å². The maximum atomic E-state index is 12.1. The smallest absolute Gasteiger partial charge is 0.353 e. The van der Waals surface area contributed by atoms with Crippen molar-refractivity contribution in [2.75, 3.05) is 258 Å². The maximum absolute atomic E-state index is 12.1. The molecule has 10 aromatic rings. The van der Waals surface area contributed by atoms with E-state index in [0.717, 1.165) is 0 Å². The van der Waals surface area contributed by atoms with Crippen LogP contribution in [0.15, 0.2) is 31.6 Å². The summed E-state index contributed by atoms with van der Waals surface area (Å²) in [4.78, 5) is 110. The Balaban J connectivity index is 0.000000263. The summed E-state index contributed by atoms with van der Waals surface area (Å²) in [5.41, 5.74) is 61.5. The maximum Gasteiger partial charge on any atom is 0.353 e. The number of rotatable bonds is 62. The Morgan fingerprint density at radius 3 is 0.642 bits per heavy atom. The van der Waals surface area contributed by atoms with Gasteiger partial charge in [-0.3, -0.25) is 22.8 Å². The number of hydrogen-bond acceptors (Lipinski definition) is 50. The van der Waals surface area contributed by atoms with Gasteiger partial charge in [-0.15, -0.1) is 0 Å². The van der Waals surface area contributed by atoms with Crippen LogP contribution in [0.5, 0.6) is 0 Å². The van der Waals surface area contributed by atoms with Crippen molar-refractivity contribution in [2.45, 2.75) is 110 Å². The Bertz CT molecular complexity index is 5170. The molecule has 65 heteroatoms. The molecule has 10 rings (SSSR count). The molecule has 0 radical (unpaired) electrons. The number of ether oxygens (including phenoxy) is 15. The lowest BCUT2D eigenvalue weighted by Crippen LogP contribution is -2.26. The first kappa shape index (κ1) is 117. The number of imidazole rings is 5. The van der Waals surface area contributed by atoms with Crippen molar-refractivity contribution in [1.29, 1.82) is 0 Å². The van der Waals surface area contributed by atoms with Crippen LogP contribution in [0.4, 0.5) is 58.8 Å². The van der Waals surface area contributed by atoms with Crippen molar-refractivity contribution in [2.24, 2.45) is 0 Å². The first-order valence-electron chi connectivity index (χ1n) is 42.0. The highest BCUT2D eigenvalue weighted by Crippen LogP contribution is 2.46. The van der Waals surface area contributed by atoms with Crippen LogP contribution in [-0.4, -0.2) is 353 Å². The number of nitrogen functional groups attached to an aromatic ring is 10. The second kappa shape index (κ2) is 60.1. The molecule has 0 amide bonds. The minimum Gasteiger partial charge on any atom is -0.385 e. The molecule has 0 bridgehead atoms. The van der Waals surface area contributed by atoms with Crippen molar-refractivity contribution >= 4 is 153 Å². The van der Waals surface area contributed by atoms with Crippen LogP contribution in [0.25, 0.3) is 55.8 Å². The second-order valence-corrected chi connectivity index (χ2v) is 37.8. The van der Waals surface area contributed by atoms with Gasteiger partial charge in [0.15, 0.2) is 57.3 Å². The number of nitrogens with zero attached hydrogens (tertiary/aromatic N) is 20. The van der Waals surface area contributed by atoms with E-state index in [1.54, 1.807) is 51.3 Å². The summed E-state index contributed by atoms with van der Waals surface area (Å²) in [5, 5.41) is 0. The molecule has 10 atom stereocenters. The molecule has 60 nitrogen and oxygen atoms in total. The van der Waals surface area contributed by atoms with Crippen LogP contribution >= 0.6 is 38.0 Å². The summed E-state index contributed by atoms with van der Waals surface area (Å²) < 4.78 is 172. The topological polar surface area (TPSA) is 849 Å². The standard InChI is InChI=1S/3C15H27N6O6P.C14H25N6O6P.C13H23N6O6P/c3*1-3-25-8-11(26-10-28(22,23)27-6-4-5-24-2)7-21-9-18-12-13(16)19-15(17)20-14(12)21;1-23-4-3-5-26-27(21,22)9-25-10(7-24-2)6-20-8-17-11-12(15)18-14(16)19-13(11)20;1-22-3-4-25-26(20,21)8-24-9(6-23-2)5-19-7-16-10-11(14)17-13(15)18-12(10)19/h3*9,11H,3-8,10H2,1-2H3,(H,22,23)(H4,16,17,19,20);8,10H,3-7,9H2,1-2H3,(H,21,22)(H4,15,16,18,19);7,9H,3-6,8H2,1-2H3,(H,20,21)(H4,14,15,17,18)/t2*11-;;10-;9-/m10.01/s1. The predicted molar refractivity (Wildman–Crippen MR) is 499 cm³/mol. The third-order valence-corrected chi connectivity index (χ3v) is 23.2. The highest BCUT2D eigenvalue weighted by Gasteiger charge is 2.31. The number of nitrogens with two attached hydrogens (primary N) is 10. The van der Waals surface area contributed by atoms with E-state index in [9.17, 15) is 47.3 Å². The fourth-order valence-corrected chi connectivity index (χ4v) is 16.0. The summed E-state index contributed by atoms with van der Waals surface area (Å²) in [6.07, 6.45) is 4.52. The zero-order valence-corrected chi connectivity index (χ0v) is 82.3. The lowest BCUT2D eigenvalue weighted by Gasteiger charge is -2.20. The molecule has 0 saturated heterocycles. The molecule has 0 spiro atoms. The summed E-state index contributed by atoms with van der Waals surface area (Å²) in [6.45, 7) is 11.5. The Morgan fingerprint density at radius 1 is 0.270 bits per heavy atom. The van der Waals surface area contributed by atoms with E-state index in [4.69, 9.17) is 151 Å². The molecule has 25 N–H and O–H groups in total. The molecule has 6 unspecified atom stereocenters. The fourth-order valence-electron chi connectivity index (χ4n) is 11.7. The molecule has 0 aliphatic carbocycles. The van der Waals surface area contributed by atoms with Crippen LogP contribution in [0, 0.1) is 0 Å². The minimum atomic E-state index is -3.90. The van der Waals surface area contributed by atoms with Crippen LogP contribution in [0.1, 0.15) is 46.5 Å². The van der Waals surface area contributed by atoms with E-state index in [1.807, 2.05) is 20.8 Å². The van der Waals surface area contributed by atoms with Crippen LogP contribution in [-0.2, 0) is 149 Å². The van der Waals surface area contributed by atoms with Gasteiger partial charge in [-0.05, 0) is 46.5 Å². The molecule has 0 fully saturated rings. The van der Waals surface area contributed by atoms with Crippen molar-refractivity contribution in [3.63, 3.8) is 0 Å². The molecule has 0 aliphatic rings. The van der Waals surface area contributed by atoms with Gasteiger partial charge in [0.1, 0.15) is 59.3 Å². The van der Waals surface area contributed by atoms with Crippen LogP contribution in [0.2, 0.25) is 0 Å². The van der Waals surface area contributed by atoms with Gasteiger partial charge in [-0.1, -0.05) is 0 Å². The van der Waals surface area contributed by atoms with Gasteiger partial charge in [-0.2, -0.15) is 49.8 Å². The van der Waals surface area contributed by atoms with Crippen molar-refractivity contribution in [3.05, 3.63) is 31.6 Å². The molecular weight excluding hydrogens is 1920 g/mol. The lowest BCUT2D eigenvalue weighted by molar-refractivity contribution is -0.00977. The highest BCUT2D eigenvalue weighted by molar-refractivity contribution is 7.53. The van der Waals surface area contributed by atoms with Gasteiger partial charge in [0.2, 0.25) is 29.7 Å². The zero-order valence-electron chi connectivity index (χ0n) is 77.8. The van der Waals surface area contributed by atoms with Gasteiger partial charge in [0.05, 0.1) is 168 Å².